The summed E-state index contributed by atoms with van der Waals surface area (Å²) in [5.74, 6) is -0.153. The van der Waals surface area contributed by atoms with Crippen LogP contribution in [0.15, 0.2) is 72.8 Å². The second kappa shape index (κ2) is 15.0. The Bertz CT molecular complexity index is 1140. The van der Waals surface area contributed by atoms with Crippen molar-refractivity contribution in [3.05, 3.63) is 105 Å². The number of benzene rings is 3. The van der Waals surface area contributed by atoms with Gasteiger partial charge in [0.15, 0.2) is 0 Å². The van der Waals surface area contributed by atoms with Crippen molar-refractivity contribution < 1.29 is 14.0 Å². The number of rotatable bonds is 13. The van der Waals surface area contributed by atoms with Crippen molar-refractivity contribution in [1.29, 1.82) is 0 Å². The third-order valence-corrected chi connectivity index (χ3v) is 7.55. The molecule has 3 rings (SSSR count). The normalized spacial score (nSPS) is 11.7. The minimum absolute atomic E-state index is 0.135. The lowest BCUT2D eigenvalue weighted by molar-refractivity contribution is -0.139. The highest BCUT2D eigenvalue weighted by Gasteiger charge is 2.30. The van der Waals surface area contributed by atoms with Gasteiger partial charge in [-0.3, -0.25) is 9.59 Å². The van der Waals surface area contributed by atoms with E-state index in [1.54, 1.807) is 35.2 Å². The van der Waals surface area contributed by atoms with Crippen LogP contribution in [0.3, 0.4) is 0 Å². The van der Waals surface area contributed by atoms with E-state index in [-0.39, 0.29) is 29.9 Å². The van der Waals surface area contributed by atoms with Crippen molar-refractivity contribution in [2.24, 2.45) is 0 Å². The minimum atomic E-state index is -0.721. The molecule has 0 aliphatic carbocycles. The van der Waals surface area contributed by atoms with E-state index in [1.165, 1.54) is 23.9 Å². The molecular formula is C29H31Cl2FN2O2S. The van der Waals surface area contributed by atoms with Gasteiger partial charge in [-0.2, -0.15) is 0 Å². The van der Waals surface area contributed by atoms with Crippen LogP contribution in [0.25, 0.3) is 0 Å². The summed E-state index contributed by atoms with van der Waals surface area (Å²) in [7, 11) is 0. The Hall–Kier alpha value is -2.54. The second-order valence-electron chi connectivity index (χ2n) is 8.69. The van der Waals surface area contributed by atoms with Crippen LogP contribution in [0.4, 0.5) is 4.39 Å². The van der Waals surface area contributed by atoms with E-state index >= 15 is 0 Å². The van der Waals surface area contributed by atoms with Gasteiger partial charge in [0.25, 0.3) is 0 Å². The number of hydrogen-bond acceptors (Lipinski definition) is 3. The van der Waals surface area contributed by atoms with E-state index in [0.29, 0.717) is 28.8 Å². The molecule has 0 spiro atoms. The quantitative estimate of drug-likeness (QED) is 0.231. The predicted molar refractivity (Wildman–Crippen MR) is 151 cm³/mol. The highest BCUT2D eigenvalue weighted by Crippen LogP contribution is 2.28. The van der Waals surface area contributed by atoms with Crippen molar-refractivity contribution in [2.75, 3.05) is 12.3 Å². The van der Waals surface area contributed by atoms with Crippen LogP contribution >= 0.6 is 35.0 Å². The zero-order chi connectivity index (χ0) is 26.6. The van der Waals surface area contributed by atoms with Crippen LogP contribution in [0.5, 0.6) is 0 Å². The fraction of sp³-hybridized carbons (Fsp3) is 0.310. The molecule has 196 valence electrons. The van der Waals surface area contributed by atoms with Crippen molar-refractivity contribution in [1.82, 2.24) is 10.2 Å². The summed E-state index contributed by atoms with van der Waals surface area (Å²) in [6, 6.07) is 20.2. The van der Waals surface area contributed by atoms with Crippen molar-refractivity contribution in [2.45, 2.75) is 44.5 Å². The summed E-state index contributed by atoms with van der Waals surface area (Å²) in [6.45, 7) is 2.78. The van der Waals surface area contributed by atoms with Gasteiger partial charge in [0.1, 0.15) is 11.9 Å². The Morgan fingerprint density at radius 3 is 2.27 bits per heavy atom. The Kier molecular flexibility index (Phi) is 11.8. The van der Waals surface area contributed by atoms with E-state index in [1.807, 2.05) is 30.3 Å². The molecule has 0 saturated heterocycles. The molecule has 3 aromatic rings. The number of nitrogens with one attached hydrogen (secondary N) is 1. The van der Waals surface area contributed by atoms with E-state index in [4.69, 9.17) is 23.2 Å². The summed E-state index contributed by atoms with van der Waals surface area (Å²) in [5, 5.41) is 4.09. The molecule has 3 aromatic carbocycles. The molecule has 0 aliphatic heterocycles. The van der Waals surface area contributed by atoms with Gasteiger partial charge in [-0.15, -0.1) is 11.8 Å². The van der Waals surface area contributed by atoms with E-state index in [0.717, 1.165) is 29.5 Å². The van der Waals surface area contributed by atoms with Gasteiger partial charge in [0.05, 0.1) is 5.75 Å². The Balaban J connectivity index is 1.84. The largest absolute Gasteiger partial charge is 0.354 e. The van der Waals surface area contributed by atoms with Crippen LogP contribution < -0.4 is 5.32 Å². The molecule has 37 heavy (non-hydrogen) atoms. The molecular weight excluding hydrogens is 530 g/mol. The summed E-state index contributed by atoms with van der Waals surface area (Å²) in [5.41, 5.74) is 2.46. The molecule has 0 fully saturated rings. The van der Waals surface area contributed by atoms with E-state index in [9.17, 15) is 14.0 Å². The minimum Gasteiger partial charge on any atom is -0.354 e. The van der Waals surface area contributed by atoms with Gasteiger partial charge in [0.2, 0.25) is 11.8 Å². The van der Waals surface area contributed by atoms with Crippen LogP contribution in [0.2, 0.25) is 10.0 Å². The number of carbonyl (C=O) groups excluding carboxylic acids is 2. The zero-order valence-corrected chi connectivity index (χ0v) is 23.1. The van der Waals surface area contributed by atoms with Crippen molar-refractivity contribution in [3.63, 3.8) is 0 Å². The lowest BCUT2D eigenvalue weighted by Crippen LogP contribution is -2.51. The first-order valence-electron chi connectivity index (χ1n) is 12.2. The van der Waals surface area contributed by atoms with E-state index in [2.05, 4.69) is 12.2 Å². The highest BCUT2D eigenvalue weighted by atomic mass is 35.5. The molecule has 8 heteroatoms. The molecule has 4 nitrogen and oxygen atoms in total. The van der Waals surface area contributed by atoms with Crippen LogP contribution in [-0.4, -0.2) is 35.1 Å². The van der Waals surface area contributed by atoms with E-state index < -0.39 is 6.04 Å². The number of thioether (sulfide) groups is 1. The van der Waals surface area contributed by atoms with Gasteiger partial charge in [0, 0.05) is 35.3 Å². The summed E-state index contributed by atoms with van der Waals surface area (Å²) < 4.78 is 13.6. The fourth-order valence-electron chi connectivity index (χ4n) is 3.84. The molecule has 1 atom stereocenters. The monoisotopic (exact) mass is 560 g/mol. The molecule has 0 radical (unpaired) electrons. The average Bonchev–Trinajstić information content (AvgIpc) is 2.89. The average molecular weight is 562 g/mol. The molecule has 0 aliphatic rings. The summed E-state index contributed by atoms with van der Waals surface area (Å²) >= 11 is 14.0. The molecule has 1 N–H and O–H groups in total. The Morgan fingerprint density at radius 1 is 0.946 bits per heavy atom. The Labute approximate surface area is 232 Å². The van der Waals surface area contributed by atoms with Crippen molar-refractivity contribution >= 4 is 46.8 Å². The third kappa shape index (κ3) is 9.06. The smallest absolute Gasteiger partial charge is 0.243 e. The maximum absolute atomic E-state index is 13.6. The lowest BCUT2D eigenvalue weighted by atomic mass is 10.0. The first-order chi connectivity index (χ1) is 17.9. The van der Waals surface area contributed by atoms with Gasteiger partial charge in [-0.25, -0.2) is 4.39 Å². The molecule has 2 amide bonds. The molecule has 0 bridgehead atoms. The van der Waals surface area contributed by atoms with Crippen LogP contribution in [-0.2, 0) is 28.3 Å². The zero-order valence-electron chi connectivity index (χ0n) is 20.8. The number of nitrogens with zero attached hydrogens (tertiary/aromatic N) is 1. The molecule has 0 heterocycles. The van der Waals surface area contributed by atoms with Gasteiger partial charge in [-0.1, -0.05) is 85.1 Å². The first-order valence-corrected chi connectivity index (χ1v) is 14.2. The topological polar surface area (TPSA) is 49.4 Å². The Morgan fingerprint density at radius 2 is 1.62 bits per heavy atom. The number of halogens is 3. The first kappa shape index (κ1) is 29.0. The maximum Gasteiger partial charge on any atom is 0.243 e. The molecule has 0 aromatic heterocycles. The predicted octanol–water partition coefficient (Wildman–Crippen LogP) is 6.92. The summed E-state index contributed by atoms with van der Waals surface area (Å²) in [4.78, 5) is 28.6. The van der Waals surface area contributed by atoms with Gasteiger partial charge in [-0.05, 0) is 47.4 Å². The fourth-order valence-corrected chi connectivity index (χ4v) is 5.49. The third-order valence-electron chi connectivity index (χ3n) is 5.90. The number of hydrogen-bond donors (Lipinski definition) is 1. The number of carbonyl (C=O) groups is 2. The standard InChI is InChI=1S/C29H31Cl2FN2O2S/c1-2-3-16-33-29(36)27(17-21-8-5-4-6-9-21)34(18-22-12-14-23(32)15-13-22)28(35)20-37-19-24-25(30)10-7-11-26(24)31/h4-15,27H,2-3,16-20H2,1H3,(H,33,36). The van der Waals surface area contributed by atoms with Gasteiger partial charge >= 0.3 is 0 Å². The SMILES string of the molecule is CCCCNC(=O)C(Cc1ccccc1)N(Cc1ccc(F)cc1)C(=O)CSCc1c(Cl)cccc1Cl. The molecule has 1 unspecified atom stereocenters. The van der Waals surface area contributed by atoms with Crippen LogP contribution in [0, 0.1) is 5.82 Å². The maximum atomic E-state index is 13.6. The lowest BCUT2D eigenvalue weighted by Gasteiger charge is -2.31. The van der Waals surface area contributed by atoms with Gasteiger partial charge < -0.3 is 10.2 Å². The summed E-state index contributed by atoms with van der Waals surface area (Å²) in [6.07, 6.45) is 2.17. The second-order valence-corrected chi connectivity index (χ2v) is 10.5. The van der Waals surface area contributed by atoms with Crippen LogP contribution in [0.1, 0.15) is 36.5 Å². The van der Waals surface area contributed by atoms with Crippen molar-refractivity contribution in [3.8, 4) is 0 Å². The molecule has 0 saturated carbocycles. The number of amides is 2. The number of unbranched alkanes of at least 4 members (excludes halogenated alkanes) is 1. The highest BCUT2D eigenvalue weighted by molar-refractivity contribution is 7.99.